The van der Waals surface area contributed by atoms with E-state index in [9.17, 15) is 18.0 Å². The Hall–Kier alpha value is -3.67. The quantitative estimate of drug-likeness (QED) is 0.212. The Morgan fingerprint density at radius 1 is 0.933 bits per heavy atom. The number of hydrogen-bond donors (Lipinski definition) is 0. The van der Waals surface area contributed by atoms with Crippen LogP contribution in [0.3, 0.4) is 0 Å². The Morgan fingerprint density at radius 3 is 2.27 bits per heavy atom. The van der Waals surface area contributed by atoms with Crippen molar-refractivity contribution in [2.45, 2.75) is 13.1 Å². The van der Waals surface area contributed by atoms with E-state index < -0.39 is 17.7 Å². The number of alkyl halides is 3. The minimum atomic E-state index is -4.41. The van der Waals surface area contributed by atoms with E-state index in [1.165, 1.54) is 24.4 Å². The van der Waals surface area contributed by atoms with Crippen molar-refractivity contribution in [1.82, 2.24) is 0 Å². The highest BCUT2D eigenvalue weighted by molar-refractivity contribution is 5.89. The van der Waals surface area contributed by atoms with Crippen molar-refractivity contribution >= 4 is 23.9 Å². The standard InChI is InChI=1S/C24H18F3NO2/c1-17-5-7-18(8-6-17)11-14-23(29)30-22-12-9-19(10-13-22)16-28-21-4-2-3-20(15-21)24(25,26)27/h2-16H,1H3/b14-11+,28-16?. The molecule has 0 aliphatic heterocycles. The zero-order valence-corrected chi connectivity index (χ0v) is 16.1. The van der Waals surface area contributed by atoms with Gasteiger partial charge in [0, 0.05) is 12.3 Å². The number of halogens is 3. The molecule has 0 spiro atoms. The van der Waals surface area contributed by atoms with Crippen molar-refractivity contribution < 1.29 is 22.7 Å². The second-order valence-electron chi connectivity index (χ2n) is 6.54. The van der Waals surface area contributed by atoms with Crippen molar-refractivity contribution in [2.24, 2.45) is 4.99 Å². The smallest absolute Gasteiger partial charge is 0.416 e. The summed E-state index contributed by atoms with van der Waals surface area (Å²) in [4.78, 5) is 16.0. The van der Waals surface area contributed by atoms with Gasteiger partial charge in [-0.25, -0.2) is 4.79 Å². The molecule has 0 aliphatic rings. The first-order valence-electron chi connectivity index (χ1n) is 9.07. The van der Waals surface area contributed by atoms with Crippen molar-refractivity contribution in [3.63, 3.8) is 0 Å². The predicted molar refractivity (Wildman–Crippen MR) is 111 cm³/mol. The van der Waals surface area contributed by atoms with Crippen LogP contribution in [0.25, 0.3) is 6.08 Å². The third kappa shape index (κ3) is 6.17. The fourth-order valence-electron chi connectivity index (χ4n) is 2.53. The topological polar surface area (TPSA) is 38.7 Å². The number of carbonyl (C=O) groups excluding carboxylic acids is 1. The number of rotatable bonds is 5. The molecule has 6 heteroatoms. The van der Waals surface area contributed by atoms with E-state index in [1.54, 1.807) is 30.3 Å². The third-order valence-electron chi connectivity index (χ3n) is 4.12. The van der Waals surface area contributed by atoms with Gasteiger partial charge in [-0.1, -0.05) is 35.9 Å². The zero-order chi connectivity index (χ0) is 21.6. The van der Waals surface area contributed by atoms with Crippen molar-refractivity contribution in [2.75, 3.05) is 0 Å². The van der Waals surface area contributed by atoms with Gasteiger partial charge in [0.1, 0.15) is 5.75 Å². The normalized spacial score (nSPS) is 11.9. The number of hydrogen-bond acceptors (Lipinski definition) is 3. The first kappa shape index (κ1) is 21.0. The highest BCUT2D eigenvalue weighted by Crippen LogP contribution is 2.31. The van der Waals surface area contributed by atoms with Gasteiger partial charge >= 0.3 is 12.1 Å². The number of benzene rings is 3. The zero-order valence-electron chi connectivity index (χ0n) is 16.1. The first-order chi connectivity index (χ1) is 14.3. The summed E-state index contributed by atoms with van der Waals surface area (Å²) < 4.78 is 43.5. The molecule has 0 heterocycles. The third-order valence-corrected chi connectivity index (χ3v) is 4.12. The maximum absolute atomic E-state index is 12.7. The molecule has 0 amide bonds. The van der Waals surface area contributed by atoms with E-state index in [1.807, 2.05) is 31.2 Å². The number of ether oxygens (including phenoxy) is 1. The van der Waals surface area contributed by atoms with Gasteiger partial charge < -0.3 is 4.74 Å². The summed E-state index contributed by atoms with van der Waals surface area (Å²) >= 11 is 0. The Kier molecular flexibility index (Phi) is 6.47. The van der Waals surface area contributed by atoms with E-state index in [4.69, 9.17) is 4.74 Å². The van der Waals surface area contributed by atoms with Gasteiger partial charge in [-0.05, 0) is 66.6 Å². The number of esters is 1. The summed E-state index contributed by atoms with van der Waals surface area (Å²) in [5.41, 5.74) is 2.12. The van der Waals surface area contributed by atoms with E-state index in [2.05, 4.69) is 4.99 Å². The minimum Gasteiger partial charge on any atom is -0.423 e. The van der Waals surface area contributed by atoms with E-state index in [0.717, 1.165) is 23.3 Å². The van der Waals surface area contributed by atoms with E-state index in [0.29, 0.717) is 11.3 Å². The fraction of sp³-hybridized carbons (Fsp3) is 0.0833. The number of aryl methyl sites for hydroxylation is 1. The Bertz CT molecular complexity index is 1070. The molecule has 0 N–H and O–H groups in total. The Morgan fingerprint density at radius 2 is 1.60 bits per heavy atom. The van der Waals surface area contributed by atoms with Gasteiger partial charge in [0.25, 0.3) is 0 Å². The summed E-state index contributed by atoms with van der Waals surface area (Å²) in [5, 5.41) is 0. The molecule has 3 nitrogen and oxygen atoms in total. The van der Waals surface area contributed by atoms with Crippen LogP contribution in [-0.4, -0.2) is 12.2 Å². The highest BCUT2D eigenvalue weighted by atomic mass is 19.4. The van der Waals surface area contributed by atoms with Gasteiger partial charge in [-0.15, -0.1) is 0 Å². The molecule has 0 radical (unpaired) electrons. The maximum Gasteiger partial charge on any atom is 0.416 e. The molecule has 3 aromatic carbocycles. The lowest BCUT2D eigenvalue weighted by atomic mass is 10.1. The molecule has 0 atom stereocenters. The summed E-state index contributed by atoms with van der Waals surface area (Å²) in [6, 6.07) is 19.0. The number of nitrogens with zero attached hydrogens (tertiary/aromatic N) is 1. The van der Waals surface area contributed by atoms with Gasteiger partial charge in [0.05, 0.1) is 11.3 Å². The van der Waals surface area contributed by atoms with Gasteiger partial charge in [0.15, 0.2) is 0 Å². The van der Waals surface area contributed by atoms with Crippen molar-refractivity contribution in [1.29, 1.82) is 0 Å². The fourth-order valence-corrected chi connectivity index (χ4v) is 2.53. The molecule has 0 saturated carbocycles. The summed E-state index contributed by atoms with van der Waals surface area (Å²) in [5.74, 6) is -0.161. The molecule has 3 aromatic rings. The monoisotopic (exact) mass is 409 g/mol. The van der Waals surface area contributed by atoms with Crippen LogP contribution in [0, 0.1) is 6.92 Å². The first-order valence-corrected chi connectivity index (χ1v) is 9.07. The molecule has 0 aliphatic carbocycles. The number of carbonyl (C=O) groups is 1. The van der Waals surface area contributed by atoms with E-state index >= 15 is 0 Å². The lowest BCUT2D eigenvalue weighted by molar-refractivity contribution is -0.137. The van der Waals surface area contributed by atoms with Crippen LogP contribution in [0.1, 0.15) is 22.3 Å². The summed E-state index contributed by atoms with van der Waals surface area (Å²) in [7, 11) is 0. The van der Waals surface area contributed by atoms with Crippen molar-refractivity contribution in [3.05, 3.63) is 101 Å². The number of aliphatic imine (C=N–C) groups is 1. The van der Waals surface area contributed by atoms with Crippen LogP contribution in [0.4, 0.5) is 18.9 Å². The average Bonchev–Trinajstić information content (AvgIpc) is 2.72. The van der Waals surface area contributed by atoms with Crippen LogP contribution in [0.5, 0.6) is 5.75 Å². The molecule has 0 saturated heterocycles. The molecule has 152 valence electrons. The van der Waals surface area contributed by atoms with Gasteiger partial charge in [-0.3, -0.25) is 4.99 Å². The highest BCUT2D eigenvalue weighted by Gasteiger charge is 2.30. The van der Waals surface area contributed by atoms with Crippen LogP contribution in [-0.2, 0) is 11.0 Å². The lowest BCUT2D eigenvalue weighted by Crippen LogP contribution is -2.03. The lowest BCUT2D eigenvalue weighted by Gasteiger charge is -2.06. The second-order valence-corrected chi connectivity index (χ2v) is 6.54. The van der Waals surface area contributed by atoms with Gasteiger partial charge in [0.2, 0.25) is 0 Å². The van der Waals surface area contributed by atoms with Crippen LogP contribution in [0.2, 0.25) is 0 Å². The predicted octanol–water partition coefficient (Wildman–Crippen LogP) is 6.38. The molecule has 30 heavy (non-hydrogen) atoms. The minimum absolute atomic E-state index is 0.196. The molecule has 0 unspecified atom stereocenters. The Labute approximate surface area is 172 Å². The van der Waals surface area contributed by atoms with Crippen LogP contribution >= 0.6 is 0 Å². The summed E-state index contributed by atoms with van der Waals surface area (Å²) in [6.07, 6.45) is 0.0366. The molecular weight excluding hydrogens is 391 g/mol. The van der Waals surface area contributed by atoms with Crippen molar-refractivity contribution in [3.8, 4) is 5.75 Å². The molecule has 3 rings (SSSR count). The summed E-state index contributed by atoms with van der Waals surface area (Å²) in [6.45, 7) is 1.98. The Balaban J connectivity index is 1.60. The molecule has 0 aromatic heterocycles. The largest absolute Gasteiger partial charge is 0.423 e. The maximum atomic E-state index is 12.7. The second kappa shape index (κ2) is 9.22. The average molecular weight is 409 g/mol. The molecular formula is C24H18F3NO2. The van der Waals surface area contributed by atoms with E-state index in [-0.39, 0.29) is 5.69 Å². The molecule has 0 bridgehead atoms. The van der Waals surface area contributed by atoms with Crippen LogP contribution in [0.15, 0.2) is 83.9 Å². The molecule has 0 fully saturated rings. The van der Waals surface area contributed by atoms with Gasteiger partial charge in [-0.2, -0.15) is 13.2 Å². The van der Waals surface area contributed by atoms with Crippen LogP contribution < -0.4 is 4.74 Å². The SMILES string of the molecule is Cc1ccc(/C=C/C(=O)Oc2ccc(C=Nc3cccc(C(F)(F)F)c3)cc2)cc1.